The van der Waals surface area contributed by atoms with Crippen LogP contribution >= 0.6 is 0 Å². The molecule has 3 rings (SSSR count). The minimum absolute atomic E-state index is 0.684. The molecule has 6 nitrogen and oxygen atoms in total. The molecule has 0 amide bonds. The Morgan fingerprint density at radius 2 is 2.29 bits per heavy atom. The summed E-state index contributed by atoms with van der Waals surface area (Å²) in [5.41, 5.74) is 2.61. The second-order valence-corrected chi connectivity index (χ2v) is 5.70. The van der Waals surface area contributed by atoms with Crippen molar-refractivity contribution in [1.29, 1.82) is 0 Å². The average Bonchev–Trinajstić information content (AvgIpc) is 3.24. The van der Waals surface area contributed by atoms with E-state index in [-0.39, 0.29) is 0 Å². The van der Waals surface area contributed by atoms with Gasteiger partial charge in [-0.2, -0.15) is 0 Å². The first-order valence-corrected chi connectivity index (χ1v) is 8.44. The van der Waals surface area contributed by atoms with Gasteiger partial charge in [-0.1, -0.05) is 31.2 Å². The van der Waals surface area contributed by atoms with Gasteiger partial charge in [0.25, 0.3) is 0 Å². The van der Waals surface area contributed by atoms with E-state index in [4.69, 9.17) is 4.99 Å². The number of anilines is 1. The zero-order valence-corrected chi connectivity index (χ0v) is 14.1. The summed E-state index contributed by atoms with van der Waals surface area (Å²) in [7, 11) is 0. The third-order valence-corrected chi connectivity index (χ3v) is 4.16. The van der Waals surface area contributed by atoms with E-state index in [1.807, 2.05) is 6.08 Å². The van der Waals surface area contributed by atoms with Gasteiger partial charge < -0.3 is 14.8 Å². The molecule has 24 heavy (non-hydrogen) atoms. The van der Waals surface area contributed by atoms with Crippen molar-refractivity contribution in [3.05, 3.63) is 54.6 Å². The molecule has 0 aliphatic carbocycles. The van der Waals surface area contributed by atoms with E-state index >= 15 is 0 Å². The van der Waals surface area contributed by atoms with Gasteiger partial charge in [0.15, 0.2) is 5.96 Å². The Morgan fingerprint density at radius 1 is 1.42 bits per heavy atom. The van der Waals surface area contributed by atoms with Gasteiger partial charge in [-0.25, -0.2) is 0 Å². The van der Waals surface area contributed by atoms with Crippen molar-refractivity contribution >= 4 is 11.6 Å². The maximum Gasteiger partial charge on any atom is 0.198 e. The van der Waals surface area contributed by atoms with Crippen molar-refractivity contribution < 1.29 is 0 Å². The Kier molecular flexibility index (Phi) is 5.25. The average molecular weight is 324 g/mol. The lowest BCUT2D eigenvalue weighted by atomic mass is 10.2. The largest absolute Gasteiger partial charge is 0.352 e. The lowest BCUT2D eigenvalue weighted by molar-refractivity contribution is 0.664. The SMILES string of the molecule is C=CCNC(=NCCn1cnnc1CC)N1CCc2ccccc21. The number of guanidine groups is 1. The van der Waals surface area contributed by atoms with E-state index in [0.717, 1.165) is 37.7 Å². The summed E-state index contributed by atoms with van der Waals surface area (Å²) in [4.78, 5) is 7.06. The second-order valence-electron chi connectivity index (χ2n) is 5.70. The number of nitrogens with zero attached hydrogens (tertiary/aromatic N) is 5. The standard InChI is InChI=1S/C18H24N6/c1-3-10-19-18(20-11-13-23-14-21-22-17(23)4-2)24-12-9-15-7-5-6-8-16(15)24/h3,5-8,14H,1,4,9-13H2,2H3,(H,19,20). The first kappa shape index (κ1) is 16.2. The van der Waals surface area contributed by atoms with Crippen LogP contribution in [0.3, 0.4) is 0 Å². The number of hydrogen-bond donors (Lipinski definition) is 1. The van der Waals surface area contributed by atoms with Crippen molar-refractivity contribution in [3.63, 3.8) is 0 Å². The molecule has 2 aromatic rings. The molecule has 1 aromatic carbocycles. The maximum absolute atomic E-state index is 4.80. The van der Waals surface area contributed by atoms with Crippen molar-refractivity contribution in [2.24, 2.45) is 4.99 Å². The molecule has 1 aliphatic rings. The van der Waals surface area contributed by atoms with Gasteiger partial charge in [0.2, 0.25) is 0 Å². The molecule has 1 N–H and O–H groups in total. The number of benzene rings is 1. The first-order valence-electron chi connectivity index (χ1n) is 8.44. The highest BCUT2D eigenvalue weighted by atomic mass is 15.3. The van der Waals surface area contributed by atoms with Gasteiger partial charge >= 0.3 is 0 Å². The number of aryl methyl sites for hydroxylation is 1. The molecule has 0 radical (unpaired) electrons. The van der Waals surface area contributed by atoms with Crippen LogP contribution in [0.5, 0.6) is 0 Å². The maximum atomic E-state index is 4.80. The fraction of sp³-hybridized carbons (Fsp3) is 0.389. The Balaban J connectivity index is 1.73. The van der Waals surface area contributed by atoms with Gasteiger partial charge in [0.1, 0.15) is 12.2 Å². The predicted octanol–water partition coefficient (Wildman–Crippen LogP) is 2.03. The summed E-state index contributed by atoms with van der Waals surface area (Å²) < 4.78 is 2.06. The van der Waals surface area contributed by atoms with E-state index in [9.17, 15) is 0 Å². The highest BCUT2D eigenvalue weighted by molar-refractivity contribution is 5.98. The normalized spacial score (nSPS) is 13.9. The van der Waals surface area contributed by atoms with Crippen LogP contribution in [-0.4, -0.2) is 40.4 Å². The smallest absolute Gasteiger partial charge is 0.198 e. The van der Waals surface area contributed by atoms with E-state index in [2.05, 4.69) is 62.7 Å². The van der Waals surface area contributed by atoms with Crippen LogP contribution in [0.1, 0.15) is 18.3 Å². The Bertz CT molecular complexity index is 718. The zero-order chi connectivity index (χ0) is 16.8. The third kappa shape index (κ3) is 3.48. The van der Waals surface area contributed by atoms with Gasteiger partial charge in [-0.05, 0) is 18.1 Å². The lowest BCUT2D eigenvalue weighted by Crippen LogP contribution is -2.41. The summed E-state index contributed by atoms with van der Waals surface area (Å²) in [6.07, 6.45) is 5.56. The quantitative estimate of drug-likeness (QED) is 0.502. The van der Waals surface area contributed by atoms with Gasteiger partial charge in [-0.3, -0.25) is 4.99 Å². The number of fused-ring (bicyclic) bond motifs is 1. The van der Waals surface area contributed by atoms with E-state index in [1.54, 1.807) is 6.33 Å². The number of aromatic nitrogens is 3. The van der Waals surface area contributed by atoms with Gasteiger partial charge in [0, 0.05) is 31.7 Å². The Morgan fingerprint density at radius 3 is 3.12 bits per heavy atom. The fourth-order valence-electron chi connectivity index (χ4n) is 2.96. The molecule has 1 aliphatic heterocycles. The number of rotatable bonds is 6. The van der Waals surface area contributed by atoms with Crippen molar-refractivity contribution in [2.75, 3.05) is 24.5 Å². The molecular formula is C18H24N6. The minimum Gasteiger partial charge on any atom is -0.352 e. The number of aliphatic imine (C=N–C) groups is 1. The number of para-hydroxylation sites is 1. The van der Waals surface area contributed by atoms with Crippen LogP contribution in [0, 0.1) is 0 Å². The molecule has 0 saturated heterocycles. The summed E-state index contributed by atoms with van der Waals surface area (Å²) in [5, 5.41) is 11.5. The van der Waals surface area contributed by atoms with Crippen molar-refractivity contribution in [2.45, 2.75) is 26.3 Å². The lowest BCUT2D eigenvalue weighted by Gasteiger charge is -2.22. The molecular weight excluding hydrogens is 300 g/mol. The van der Waals surface area contributed by atoms with Crippen LogP contribution in [0.2, 0.25) is 0 Å². The summed E-state index contributed by atoms with van der Waals surface area (Å²) in [5.74, 6) is 1.91. The van der Waals surface area contributed by atoms with Crippen molar-refractivity contribution in [3.8, 4) is 0 Å². The molecule has 1 aromatic heterocycles. The van der Waals surface area contributed by atoms with Gasteiger partial charge in [-0.15, -0.1) is 16.8 Å². The van der Waals surface area contributed by atoms with Crippen molar-refractivity contribution in [1.82, 2.24) is 20.1 Å². The second kappa shape index (κ2) is 7.77. The molecule has 0 unspecified atom stereocenters. The van der Waals surface area contributed by atoms with E-state index < -0.39 is 0 Å². The van der Waals surface area contributed by atoms with Crippen LogP contribution in [0.15, 0.2) is 48.2 Å². The molecule has 6 heteroatoms. The summed E-state index contributed by atoms with van der Waals surface area (Å²) in [6.45, 7) is 8.99. The summed E-state index contributed by atoms with van der Waals surface area (Å²) >= 11 is 0. The van der Waals surface area contributed by atoms with Crippen LogP contribution < -0.4 is 10.2 Å². The predicted molar refractivity (Wildman–Crippen MR) is 97.4 cm³/mol. The highest BCUT2D eigenvalue weighted by Gasteiger charge is 2.22. The topological polar surface area (TPSA) is 58.3 Å². The molecule has 126 valence electrons. The molecule has 0 saturated carbocycles. The molecule has 0 fully saturated rings. The zero-order valence-electron chi connectivity index (χ0n) is 14.1. The van der Waals surface area contributed by atoms with Crippen LogP contribution in [0.25, 0.3) is 0 Å². The third-order valence-electron chi connectivity index (χ3n) is 4.16. The van der Waals surface area contributed by atoms with Crippen LogP contribution in [-0.2, 0) is 19.4 Å². The minimum atomic E-state index is 0.684. The monoisotopic (exact) mass is 324 g/mol. The fourth-order valence-corrected chi connectivity index (χ4v) is 2.96. The van der Waals surface area contributed by atoms with Crippen LogP contribution in [0.4, 0.5) is 5.69 Å². The Labute approximate surface area is 142 Å². The number of nitrogens with one attached hydrogen (secondary N) is 1. The van der Waals surface area contributed by atoms with Gasteiger partial charge in [0.05, 0.1) is 6.54 Å². The molecule has 2 heterocycles. The highest BCUT2D eigenvalue weighted by Crippen LogP contribution is 2.27. The first-order chi connectivity index (χ1) is 11.8. The summed E-state index contributed by atoms with van der Waals surface area (Å²) in [6, 6.07) is 8.51. The Hall–Kier alpha value is -2.63. The van der Waals surface area contributed by atoms with E-state index in [0.29, 0.717) is 13.1 Å². The van der Waals surface area contributed by atoms with E-state index in [1.165, 1.54) is 11.3 Å². The molecule has 0 bridgehead atoms. The molecule has 0 atom stereocenters. The number of hydrogen-bond acceptors (Lipinski definition) is 3. The molecule has 0 spiro atoms.